The van der Waals surface area contributed by atoms with Gasteiger partial charge in [0.1, 0.15) is 7.11 Å². The van der Waals surface area contributed by atoms with Crippen molar-refractivity contribution in [3.05, 3.63) is 28.4 Å². The third kappa shape index (κ3) is 2.39. The molecule has 0 aliphatic heterocycles. The molecule has 0 saturated carbocycles. The van der Waals surface area contributed by atoms with Crippen LogP contribution in [0.15, 0.2) is 22.5 Å². The minimum Gasteiger partial charge on any atom is -0.464 e. The molecule has 0 fully saturated rings. The Labute approximate surface area is 84.7 Å². The fourth-order valence-corrected chi connectivity index (χ4v) is 0.897. The smallest absolute Gasteiger partial charge is 0.361 e. The minimum atomic E-state index is -0.768. The van der Waals surface area contributed by atoms with Crippen molar-refractivity contribution in [2.45, 2.75) is 0 Å². The van der Waals surface area contributed by atoms with Crippen LogP contribution in [0.1, 0.15) is 5.56 Å². The van der Waals surface area contributed by atoms with Crippen LogP contribution in [0.3, 0.4) is 0 Å². The lowest BCUT2D eigenvalue weighted by molar-refractivity contribution is -0.132. The topological polar surface area (TPSA) is 93.6 Å². The van der Waals surface area contributed by atoms with Crippen molar-refractivity contribution in [2.24, 2.45) is 5.16 Å². The number of H-pyrrole nitrogens is 1. The van der Waals surface area contributed by atoms with Gasteiger partial charge in [0.2, 0.25) is 5.71 Å². The summed E-state index contributed by atoms with van der Waals surface area (Å²) in [4.78, 5) is 33.0. The molecule has 0 aromatic carbocycles. The lowest BCUT2D eigenvalue weighted by atomic mass is 10.2. The normalized spacial score (nSPS) is 10.9. The number of nitrogens with one attached hydrogen (secondary N) is 1. The highest BCUT2D eigenvalue weighted by atomic mass is 16.6. The largest absolute Gasteiger partial charge is 0.464 e. The highest BCUT2D eigenvalue weighted by molar-refractivity contribution is 6.42. The predicted molar refractivity (Wildman–Crippen MR) is 50.4 cm³/mol. The number of aromatic nitrogens is 2. The van der Waals surface area contributed by atoms with Gasteiger partial charge in [-0.2, -0.15) is 0 Å². The first-order chi connectivity index (χ1) is 7.20. The number of aromatic amines is 1. The first-order valence-corrected chi connectivity index (χ1v) is 3.93. The fraction of sp³-hybridized carbons (Fsp3) is 0.250. The number of carbonyl (C=O) groups is 1. The number of esters is 1. The molecule has 0 atom stereocenters. The zero-order valence-corrected chi connectivity index (χ0v) is 8.18. The molecule has 0 aliphatic carbocycles. The summed E-state index contributed by atoms with van der Waals surface area (Å²) in [6, 6.07) is 0. The number of hydrogen-bond acceptors (Lipinski definition) is 6. The first-order valence-electron chi connectivity index (χ1n) is 3.93. The molecule has 0 spiro atoms. The van der Waals surface area contributed by atoms with E-state index in [0.29, 0.717) is 0 Å². The van der Waals surface area contributed by atoms with Crippen LogP contribution in [0.2, 0.25) is 0 Å². The molecule has 1 rings (SSSR count). The van der Waals surface area contributed by atoms with Crippen LogP contribution in [-0.2, 0) is 14.4 Å². The molecule has 0 amide bonds. The molecule has 0 radical (unpaired) electrons. The Morgan fingerprint density at radius 3 is 2.80 bits per heavy atom. The molecule has 0 aliphatic rings. The summed E-state index contributed by atoms with van der Waals surface area (Å²) in [5, 5.41) is 3.41. The lowest BCUT2D eigenvalue weighted by Crippen LogP contribution is -2.26. The van der Waals surface area contributed by atoms with E-state index in [1.165, 1.54) is 26.7 Å². The molecule has 0 bridgehead atoms. The van der Waals surface area contributed by atoms with Gasteiger partial charge in [0.05, 0.1) is 19.0 Å². The van der Waals surface area contributed by atoms with Crippen LogP contribution < -0.4 is 5.56 Å². The van der Waals surface area contributed by atoms with E-state index in [1.807, 2.05) is 0 Å². The van der Waals surface area contributed by atoms with Gasteiger partial charge in [-0.15, -0.1) is 0 Å². The minimum absolute atomic E-state index is 0.00815. The van der Waals surface area contributed by atoms with E-state index in [9.17, 15) is 9.59 Å². The molecule has 1 N–H and O–H groups in total. The summed E-state index contributed by atoms with van der Waals surface area (Å²) >= 11 is 0. The SMILES string of the molecule is CO/N=C(/C(=O)OC)c1cnc[nH]c1=O. The first kappa shape index (κ1) is 10.9. The highest BCUT2D eigenvalue weighted by Gasteiger charge is 2.18. The van der Waals surface area contributed by atoms with Gasteiger partial charge in [0.15, 0.2) is 0 Å². The van der Waals surface area contributed by atoms with E-state index < -0.39 is 11.5 Å². The number of carbonyl (C=O) groups excluding carboxylic acids is 1. The molecule has 80 valence electrons. The third-order valence-electron chi connectivity index (χ3n) is 1.53. The molecule has 7 nitrogen and oxygen atoms in total. The van der Waals surface area contributed by atoms with Crippen LogP contribution in [0, 0.1) is 0 Å². The highest BCUT2D eigenvalue weighted by Crippen LogP contribution is 1.95. The monoisotopic (exact) mass is 211 g/mol. The van der Waals surface area contributed by atoms with Gasteiger partial charge in [-0.3, -0.25) is 4.79 Å². The van der Waals surface area contributed by atoms with E-state index in [0.717, 1.165) is 0 Å². The number of ether oxygens (including phenoxy) is 1. The Bertz CT molecular complexity index is 438. The summed E-state index contributed by atoms with van der Waals surface area (Å²) < 4.78 is 4.44. The van der Waals surface area contributed by atoms with Gasteiger partial charge in [0, 0.05) is 6.20 Å². The fourth-order valence-electron chi connectivity index (χ4n) is 0.897. The van der Waals surface area contributed by atoms with Crippen molar-refractivity contribution in [1.82, 2.24) is 9.97 Å². The van der Waals surface area contributed by atoms with Crippen molar-refractivity contribution in [1.29, 1.82) is 0 Å². The Morgan fingerprint density at radius 2 is 2.27 bits per heavy atom. The molecular weight excluding hydrogens is 202 g/mol. The van der Waals surface area contributed by atoms with Gasteiger partial charge >= 0.3 is 5.97 Å². The zero-order valence-electron chi connectivity index (χ0n) is 8.18. The van der Waals surface area contributed by atoms with E-state index in [4.69, 9.17) is 0 Å². The Morgan fingerprint density at radius 1 is 1.53 bits per heavy atom. The number of oxime groups is 1. The van der Waals surface area contributed by atoms with Crippen LogP contribution in [0.25, 0.3) is 0 Å². The molecule has 7 heteroatoms. The van der Waals surface area contributed by atoms with Crippen LogP contribution in [0.5, 0.6) is 0 Å². The van der Waals surface area contributed by atoms with Gasteiger partial charge in [-0.25, -0.2) is 9.78 Å². The summed E-state index contributed by atoms with van der Waals surface area (Å²) in [6.45, 7) is 0. The Balaban J connectivity index is 3.23. The second kappa shape index (κ2) is 4.89. The summed E-state index contributed by atoms with van der Waals surface area (Å²) in [5.74, 6) is -0.768. The van der Waals surface area contributed by atoms with Crippen LogP contribution in [0.4, 0.5) is 0 Å². The third-order valence-corrected chi connectivity index (χ3v) is 1.53. The average molecular weight is 211 g/mol. The average Bonchev–Trinajstić information content (AvgIpc) is 2.26. The lowest BCUT2D eigenvalue weighted by Gasteiger charge is -2.01. The predicted octanol–water partition coefficient (Wildman–Crippen LogP) is -0.707. The van der Waals surface area contributed by atoms with E-state index >= 15 is 0 Å². The summed E-state index contributed by atoms with van der Waals surface area (Å²) in [5.41, 5.74) is -0.730. The van der Waals surface area contributed by atoms with Crippen molar-refractivity contribution < 1.29 is 14.4 Å². The standard InChI is InChI=1S/C8H9N3O4/c1-14-8(13)6(11-15-2)5-3-9-4-10-7(5)12/h3-4H,1-2H3,(H,9,10,12)/b11-6+. The molecule has 1 aromatic rings. The van der Waals surface area contributed by atoms with Crippen LogP contribution >= 0.6 is 0 Å². The molecule has 0 unspecified atom stereocenters. The van der Waals surface area contributed by atoms with Crippen molar-refractivity contribution >= 4 is 11.7 Å². The molecule has 1 aromatic heterocycles. The zero-order chi connectivity index (χ0) is 11.3. The molecule has 15 heavy (non-hydrogen) atoms. The van der Waals surface area contributed by atoms with Crippen molar-refractivity contribution in [2.75, 3.05) is 14.2 Å². The molecule has 0 saturated heterocycles. The quantitative estimate of drug-likeness (QED) is 0.405. The summed E-state index contributed by atoms with van der Waals surface area (Å²) in [6.07, 6.45) is 2.40. The van der Waals surface area contributed by atoms with Gasteiger partial charge < -0.3 is 14.6 Å². The number of hydrogen-bond donors (Lipinski definition) is 1. The van der Waals surface area contributed by atoms with E-state index in [1.54, 1.807) is 0 Å². The van der Waals surface area contributed by atoms with Gasteiger partial charge in [-0.1, -0.05) is 5.16 Å². The number of rotatable bonds is 3. The van der Waals surface area contributed by atoms with Crippen molar-refractivity contribution in [3.8, 4) is 0 Å². The Hall–Kier alpha value is -2.18. The second-order valence-electron chi connectivity index (χ2n) is 2.41. The maximum Gasteiger partial charge on any atom is 0.361 e. The Kier molecular flexibility index (Phi) is 3.55. The van der Waals surface area contributed by atoms with Crippen molar-refractivity contribution in [3.63, 3.8) is 0 Å². The second-order valence-corrected chi connectivity index (χ2v) is 2.41. The maximum atomic E-state index is 11.3. The van der Waals surface area contributed by atoms with E-state index in [-0.39, 0.29) is 11.3 Å². The number of methoxy groups -OCH3 is 1. The van der Waals surface area contributed by atoms with Gasteiger partial charge in [0.25, 0.3) is 5.56 Å². The number of nitrogens with zero attached hydrogens (tertiary/aromatic N) is 2. The van der Waals surface area contributed by atoms with Crippen LogP contribution in [-0.4, -0.2) is 35.9 Å². The van der Waals surface area contributed by atoms with E-state index in [2.05, 4.69) is 24.7 Å². The molecular formula is C8H9N3O4. The molecule has 1 heterocycles. The van der Waals surface area contributed by atoms with Gasteiger partial charge in [-0.05, 0) is 0 Å². The maximum absolute atomic E-state index is 11.3. The summed E-state index contributed by atoms with van der Waals surface area (Å²) in [7, 11) is 2.44.